The fourth-order valence-electron chi connectivity index (χ4n) is 2.74. The molecule has 0 aliphatic carbocycles. The van der Waals surface area contributed by atoms with E-state index in [0.29, 0.717) is 5.56 Å². The molecule has 0 bridgehead atoms. The molecule has 0 saturated carbocycles. The van der Waals surface area contributed by atoms with Gasteiger partial charge in [-0.25, -0.2) is 0 Å². The van der Waals surface area contributed by atoms with Crippen molar-refractivity contribution in [1.29, 1.82) is 0 Å². The molecule has 1 aromatic heterocycles. The van der Waals surface area contributed by atoms with Crippen LogP contribution in [0.5, 0.6) is 0 Å². The van der Waals surface area contributed by atoms with Crippen LogP contribution in [0.15, 0.2) is 65.5 Å². The topological polar surface area (TPSA) is 68.9 Å². The first-order valence-corrected chi connectivity index (χ1v) is 7.21. The number of H-pyrrole nitrogens is 2. The zero-order chi connectivity index (χ0) is 15.6. The number of aliphatic hydroxyl groups is 1. The summed E-state index contributed by atoms with van der Waals surface area (Å²) in [5, 5.41) is 16.8. The molecule has 3 aromatic rings. The van der Waals surface area contributed by atoms with Crippen molar-refractivity contribution in [2.24, 2.45) is 0 Å². The van der Waals surface area contributed by atoms with E-state index in [-0.39, 0.29) is 12.0 Å². The molecule has 112 valence electrons. The zero-order valence-corrected chi connectivity index (χ0v) is 12.3. The molecule has 22 heavy (non-hydrogen) atoms. The van der Waals surface area contributed by atoms with Crippen molar-refractivity contribution in [3.8, 4) is 0 Å². The van der Waals surface area contributed by atoms with Gasteiger partial charge in [0.15, 0.2) is 0 Å². The minimum absolute atomic E-state index is 0.192. The van der Waals surface area contributed by atoms with Crippen LogP contribution in [-0.4, -0.2) is 15.3 Å². The molecule has 3 N–H and O–H groups in total. The molecule has 2 aromatic carbocycles. The first-order valence-electron chi connectivity index (χ1n) is 7.21. The number of aromatic nitrogens is 2. The van der Waals surface area contributed by atoms with E-state index in [4.69, 9.17) is 0 Å². The Balaban J connectivity index is 2.14. The highest BCUT2D eigenvalue weighted by atomic mass is 16.3. The van der Waals surface area contributed by atoms with Gasteiger partial charge in [0.1, 0.15) is 5.60 Å². The first-order chi connectivity index (χ1) is 10.6. The summed E-state index contributed by atoms with van der Waals surface area (Å²) in [5.41, 5.74) is 1.40. The number of nitrogens with one attached hydrogen (secondary N) is 2. The average molecular weight is 294 g/mol. The molecular formula is C18H18N2O2. The molecule has 3 rings (SSSR count). The number of hydrogen-bond donors (Lipinski definition) is 3. The van der Waals surface area contributed by atoms with E-state index in [1.807, 2.05) is 67.6 Å². The van der Waals surface area contributed by atoms with Crippen LogP contribution in [0.3, 0.4) is 0 Å². The molecule has 0 fully saturated rings. The fourth-order valence-corrected chi connectivity index (χ4v) is 2.74. The van der Waals surface area contributed by atoms with Gasteiger partial charge in [-0.3, -0.25) is 9.89 Å². The van der Waals surface area contributed by atoms with Gasteiger partial charge in [0.05, 0.1) is 0 Å². The molecule has 0 aliphatic rings. The van der Waals surface area contributed by atoms with E-state index >= 15 is 0 Å². The Kier molecular flexibility index (Phi) is 3.69. The van der Waals surface area contributed by atoms with E-state index in [0.717, 1.165) is 16.8 Å². The lowest BCUT2D eigenvalue weighted by Crippen LogP contribution is -2.32. The Morgan fingerprint density at radius 2 is 1.41 bits per heavy atom. The Morgan fingerprint density at radius 1 is 0.909 bits per heavy atom. The largest absolute Gasteiger partial charge is 0.380 e. The molecule has 4 nitrogen and oxygen atoms in total. The second-order valence-electron chi connectivity index (χ2n) is 5.45. The second-order valence-corrected chi connectivity index (χ2v) is 5.45. The van der Waals surface area contributed by atoms with Gasteiger partial charge in [-0.1, -0.05) is 60.7 Å². The summed E-state index contributed by atoms with van der Waals surface area (Å²) >= 11 is 0. The molecule has 1 heterocycles. The van der Waals surface area contributed by atoms with E-state index < -0.39 is 5.60 Å². The average Bonchev–Trinajstić information content (AvgIpc) is 2.88. The van der Waals surface area contributed by atoms with E-state index in [1.165, 1.54) is 0 Å². The van der Waals surface area contributed by atoms with Crippen molar-refractivity contribution < 1.29 is 5.11 Å². The highest BCUT2D eigenvalue weighted by molar-refractivity contribution is 5.38. The second kappa shape index (κ2) is 5.66. The number of aryl methyl sites for hydroxylation is 1. The van der Waals surface area contributed by atoms with Crippen LogP contribution in [0.1, 0.15) is 22.4 Å². The van der Waals surface area contributed by atoms with Crippen LogP contribution >= 0.6 is 0 Å². The first kappa shape index (κ1) is 14.4. The van der Waals surface area contributed by atoms with Crippen molar-refractivity contribution in [1.82, 2.24) is 10.2 Å². The van der Waals surface area contributed by atoms with Crippen LogP contribution in [0.4, 0.5) is 0 Å². The zero-order valence-electron chi connectivity index (χ0n) is 12.3. The van der Waals surface area contributed by atoms with E-state index in [1.54, 1.807) is 0 Å². The molecular weight excluding hydrogens is 276 g/mol. The van der Waals surface area contributed by atoms with Crippen LogP contribution in [0.2, 0.25) is 0 Å². The summed E-state index contributed by atoms with van der Waals surface area (Å²) < 4.78 is 0. The van der Waals surface area contributed by atoms with Crippen molar-refractivity contribution in [2.75, 3.05) is 0 Å². The third kappa shape index (κ3) is 2.49. The summed E-state index contributed by atoms with van der Waals surface area (Å²) in [6, 6.07) is 18.9. The highest BCUT2D eigenvalue weighted by Gasteiger charge is 2.33. The number of hydrogen-bond acceptors (Lipinski definition) is 2. The Bertz CT molecular complexity index is 764. The van der Waals surface area contributed by atoms with Gasteiger partial charge < -0.3 is 10.2 Å². The SMILES string of the molecule is Cc1[nH][nH]c(=O)c1CC(O)(c1ccccc1)c1ccccc1. The van der Waals surface area contributed by atoms with Crippen molar-refractivity contribution >= 4 is 0 Å². The molecule has 4 heteroatoms. The predicted molar refractivity (Wildman–Crippen MR) is 85.7 cm³/mol. The summed E-state index contributed by atoms with van der Waals surface area (Å²) in [5.74, 6) is 0. The minimum atomic E-state index is -1.25. The van der Waals surface area contributed by atoms with E-state index in [2.05, 4.69) is 10.2 Å². The Hall–Kier alpha value is -2.59. The van der Waals surface area contributed by atoms with Gasteiger partial charge >= 0.3 is 0 Å². The van der Waals surface area contributed by atoms with Crippen molar-refractivity contribution in [3.05, 3.63) is 93.4 Å². The highest BCUT2D eigenvalue weighted by Crippen LogP contribution is 2.32. The van der Waals surface area contributed by atoms with Gasteiger partial charge in [0, 0.05) is 17.7 Å². The Morgan fingerprint density at radius 3 is 1.82 bits per heavy atom. The third-order valence-electron chi connectivity index (χ3n) is 4.03. The third-order valence-corrected chi connectivity index (χ3v) is 4.03. The smallest absolute Gasteiger partial charge is 0.267 e. The molecule has 0 amide bonds. The molecule has 0 atom stereocenters. The standard InChI is InChI=1S/C18H18N2O2/c1-13-16(17(21)20-19-13)12-18(22,14-8-4-2-5-9-14)15-10-6-3-7-11-15/h2-11,22H,12H2,1H3,(H2,19,20,21). The van der Waals surface area contributed by atoms with Gasteiger partial charge in [0.2, 0.25) is 0 Å². The lowest BCUT2D eigenvalue weighted by Gasteiger charge is -2.29. The van der Waals surface area contributed by atoms with Crippen LogP contribution in [0, 0.1) is 6.92 Å². The van der Waals surface area contributed by atoms with Gasteiger partial charge in [-0.05, 0) is 18.1 Å². The van der Waals surface area contributed by atoms with Crippen LogP contribution in [-0.2, 0) is 12.0 Å². The maximum Gasteiger partial charge on any atom is 0.267 e. The maximum atomic E-state index is 12.0. The maximum absolute atomic E-state index is 12.0. The van der Waals surface area contributed by atoms with Crippen molar-refractivity contribution in [2.45, 2.75) is 18.9 Å². The molecule has 0 radical (unpaired) electrons. The van der Waals surface area contributed by atoms with Crippen molar-refractivity contribution in [3.63, 3.8) is 0 Å². The number of benzene rings is 2. The molecule has 0 aliphatic heterocycles. The lowest BCUT2D eigenvalue weighted by atomic mass is 9.81. The fraction of sp³-hybridized carbons (Fsp3) is 0.167. The quantitative estimate of drug-likeness (QED) is 0.692. The van der Waals surface area contributed by atoms with E-state index in [9.17, 15) is 9.90 Å². The van der Waals surface area contributed by atoms with Gasteiger partial charge in [-0.15, -0.1) is 0 Å². The van der Waals surface area contributed by atoms with Gasteiger partial charge in [-0.2, -0.15) is 0 Å². The molecule has 0 unspecified atom stereocenters. The normalized spacial score (nSPS) is 11.5. The number of rotatable bonds is 4. The Labute approximate surface area is 128 Å². The lowest BCUT2D eigenvalue weighted by molar-refractivity contribution is 0.0807. The predicted octanol–water partition coefficient (Wildman–Crippen LogP) is 2.49. The number of aromatic amines is 2. The van der Waals surface area contributed by atoms with Crippen LogP contribution in [0.25, 0.3) is 0 Å². The monoisotopic (exact) mass is 294 g/mol. The minimum Gasteiger partial charge on any atom is -0.380 e. The summed E-state index contributed by atoms with van der Waals surface area (Å²) in [7, 11) is 0. The molecule has 0 spiro atoms. The van der Waals surface area contributed by atoms with Crippen LogP contribution < -0.4 is 5.56 Å². The summed E-state index contributed by atoms with van der Waals surface area (Å²) in [6.07, 6.45) is 0.214. The van der Waals surface area contributed by atoms with Gasteiger partial charge in [0.25, 0.3) is 5.56 Å². The molecule has 0 saturated heterocycles. The summed E-state index contributed by atoms with van der Waals surface area (Å²) in [4.78, 5) is 12.0. The summed E-state index contributed by atoms with van der Waals surface area (Å²) in [6.45, 7) is 1.82.